The van der Waals surface area contributed by atoms with Crippen LogP contribution in [0.3, 0.4) is 0 Å². The molecule has 0 aliphatic heterocycles. The number of anilines is 1. The van der Waals surface area contributed by atoms with Crippen LogP contribution in [0, 0.1) is 0 Å². The largest absolute Gasteiger partial charge is 0.445 e. The van der Waals surface area contributed by atoms with Crippen LogP contribution in [0.15, 0.2) is 6.07 Å². The third-order valence-electron chi connectivity index (χ3n) is 4.81. The van der Waals surface area contributed by atoms with Crippen molar-refractivity contribution in [3.05, 3.63) is 11.8 Å². The maximum Gasteiger partial charge on any atom is 0.415 e. The zero-order chi connectivity index (χ0) is 22.0. The Hall–Kier alpha value is -0.473. The Bertz CT molecular complexity index is 662. The lowest BCUT2D eigenvalue weighted by Gasteiger charge is -2.36. The van der Waals surface area contributed by atoms with Crippen LogP contribution in [-0.4, -0.2) is 48.2 Å². The van der Waals surface area contributed by atoms with Crippen LogP contribution in [0.2, 0.25) is 18.1 Å². The third-order valence-corrected chi connectivity index (χ3v) is 9.68. The first-order valence-electron chi connectivity index (χ1n) is 9.15. The first-order valence-corrected chi connectivity index (χ1v) is 13.2. The summed E-state index contributed by atoms with van der Waals surface area (Å²) in [4.78, 5) is 14.0. The van der Waals surface area contributed by atoms with Gasteiger partial charge in [-0.05, 0) is 18.1 Å². The second-order valence-electron chi connectivity index (χ2n) is 9.32. The summed E-state index contributed by atoms with van der Waals surface area (Å²) in [6.45, 7) is 17.2. The van der Waals surface area contributed by atoms with Crippen LogP contribution in [0.25, 0.3) is 0 Å². The molecule has 1 heterocycles. The van der Waals surface area contributed by atoms with E-state index in [1.54, 1.807) is 0 Å². The summed E-state index contributed by atoms with van der Waals surface area (Å²) in [5.74, 6) is 0.443. The van der Waals surface area contributed by atoms with E-state index in [1.165, 1.54) is 4.90 Å². The van der Waals surface area contributed by atoms with E-state index in [4.69, 9.17) is 44.0 Å². The molecule has 0 aliphatic carbocycles. The molecule has 0 radical (unpaired) electrons. The number of rotatable bonds is 6. The number of aromatic nitrogens is 2. The molecule has 0 unspecified atom stereocenters. The Morgan fingerprint density at radius 2 is 1.75 bits per heavy atom. The zero-order valence-electron chi connectivity index (χ0n) is 18.0. The highest BCUT2D eigenvalue weighted by Crippen LogP contribution is 2.36. The molecular formula is C18H32Cl3N3O3Si. The number of alkyl halides is 3. The van der Waals surface area contributed by atoms with E-state index in [0.717, 1.165) is 5.69 Å². The number of H-pyrrole nitrogens is 1. The van der Waals surface area contributed by atoms with Gasteiger partial charge in [-0.25, -0.2) is 4.79 Å². The second kappa shape index (κ2) is 9.12. The van der Waals surface area contributed by atoms with Crippen LogP contribution >= 0.6 is 34.8 Å². The van der Waals surface area contributed by atoms with Crippen molar-refractivity contribution in [1.29, 1.82) is 0 Å². The molecule has 0 atom stereocenters. The van der Waals surface area contributed by atoms with Gasteiger partial charge >= 0.3 is 6.09 Å². The van der Waals surface area contributed by atoms with Crippen LogP contribution in [-0.2, 0) is 14.6 Å². The number of carbonyl (C=O) groups excluding carboxylic acids is 1. The number of aromatic amines is 1. The second-order valence-corrected chi connectivity index (χ2v) is 16.6. The van der Waals surface area contributed by atoms with E-state index in [1.807, 2.05) is 6.07 Å². The average Bonchev–Trinajstić information content (AvgIpc) is 2.97. The van der Waals surface area contributed by atoms with Crippen LogP contribution in [0.5, 0.6) is 0 Å². The van der Waals surface area contributed by atoms with Gasteiger partial charge in [-0.1, -0.05) is 76.3 Å². The first kappa shape index (κ1) is 25.6. The number of amides is 1. The van der Waals surface area contributed by atoms with Gasteiger partial charge < -0.3 is 9.16 Å². The van der Waals surface area contributed by atoms with Crippen molar-refractivity contribution in [3.63, 3.8) is 0 Å². The van der Waals surface area contributed by atoms with Crippen LogP contribution in [0.1, 0.15) is 47.2 Å². The highest BCUT2D eigenvalue weighted by Gasteiger charge is 2.37. The number of halogens is 3. The fourth-order valence-electron chi connectivity index (χ4n) is 1.96. The SMILES string of the molecule is CC(C)(C)c1cc(N(CCO[Si](C)(C)C(C)(C)C)C(=O)OCC(Cl)(Cl)Cl)n[nH]1. The van der Waals surface area contributed by atoms with E-state index in [9.17, 15) is 4.79 Å². The molecule has 0 saturated heterocycles. The van der Waals surface area contributed by atoms with E-state index < -0.39 is 18.2 Å². The Labute approximate surface area is 184 Å². The Morgan fingerprint density at radius 1 is 1.18 bits per heavy atom. The monoisotopic (exact) mass is 471 g/mol. The van der Waals surface area contributed by atoms with Crippen molar-refractivity contribution in [2.45, 2.75) is 68.9 Å². The van der Waals surface area contributed by atoms with E-state index in [2.05, 4.69) is 64.8 Å². The molecule has 162 valence electrons. The lowest BCUT2D eigenvalue weighted by molar-refractivity contribution is 0.153. The fraction of sp³-hybridized carbons (Fsp3) is 0.778. The molecule has 0 bridgehead atoms. The number of hydrogen-bond acceptors (Lipinski definition) is 4. The zero-order valence-corrected chi connectivity index (χ0v) is 21.2. The Morgan fingerprint density at radius 3 is 2.18 bits per heavy atom. The predicted octanol–water partition coefficient (Wildman–Crippen LogP) is 6.04. The van der Waals surface area contributed by atoms with Crippen LogP contribution in [0.4, 0.5) is 10.6 Å². The molecular weight excluding hydrogens is 441 g/mol. The fourth-order valence-corrected chi connectivity index (χ4v) is 3.16. The summed E-state index contributed by atoms with van der Waals surface area (Å²) in [5.41, 5.74) is 0.753. The smallest absolute Gasteiger partial charge is 0.415 e. The molecule has 0 spiro atoms. The van der Waals surface area contributed by atoms with Gasteiger partial charge in [0, 0.05) is 17.2 Å². The quantitative estimate of drug-likeness (QED) is 0.404. The van der Waals surface area contributed by atoms with Crippen molar-refractivity contribution in [3.8, 4) is 0 Å². The number of ether oxygens (including phenoxy) is 1. The summed E-state index contributed by atoms with van der Waals surface area (Å²) in [5, 5.41) is 7.31. The van der Waals surface area contributed by atoms with E-state index >= 15 is 0 Å². The van der Waals surface area contributed by atoms with Crippen molar-refractivity contribution >= 4 is 55.0 Å². The van der Waals surface area contributed by atoms with Gasteiger partial charge in [-0.15, -0.1) is 0 Å². The maximum absolute atomic E-state index is 12.6. The minimum Gasteiger partial charge on any atom is -0.445 e. The molecule has 1 amide bonds. The molecule has 1 aromatic rings. The molecule has 0 saturated carbocycles. The van der Waals surface area contributed by atoms with Gasteiger partial charge in [0.25, 0.3) is 0 Å². The average molecular weight is 473 g/mol. The predicted molar refractivity (Wildman–Crippen MR) is 119 cm³/mol. The van der Waals surface area contributed by atoms with Gasteiger partial charge in [0.2, 0.25) is 3.79 Å². The summed E-state index contributed by atoms with van der Waals surface area (Å²) in [7, 11) is -1.95. The minimum atomic E-state index is -1.95. The highest BCUT2D eigenvalue weighted by molar-refractivity contribution is 6.74. The molecule has 1 N–H and O–H groups in total. The summed E-state index contributed by atoms with van der Waals surface area (Å²) in [6.07, 6.45) is -0.642. The molecule has 6 nitrogen and oxygen atoms in total. The maximum atomic E-state index is 12.6. The lowest BCUT2D eigenvalue weighted by Crippen LogP contribution is -2.44. The number of nitrogens with zero attached hydrogens (tertiary/aromatic N) is 2. The van der Waals surface area contributed by atoms with E-state index in [0.29, 0.717) is 12.4 Å². The van der Waals surface area contributed by atoms with Gasteiger partial charge in [-0.2, -0.15) is 5.10 Å². The number of nitrogens with one attached hydrogen (secondary N) is 1. The Kier molecular flexibility index (Phi) is 8.33. The van der Waals surface area contributed by atoms with Crippen LogP contribution < -0.4 is 4.90 Å². The summed E-state index contributed by atoms with van der Waals surface area (Å²) < 4.78 is 9.67. The molecule has 0 aliphatic rings. The van der Waals surface area contributed by atoms with Crippen molar-refractivity contribution in [2.24, 2.45) is 0 Å². The van der Waals surface area contributed by atoms with Gasteiger partial charge in [-0.3, -0.25) is 10.00 Å². The highest BCUT2D eigenvalue weighted by atomic mass is 35.6. The Balaban J connectivity index is 2.95. The summed E-state index contributed by atoms with van der Waals surface area (Å²) in [6, 6.07) is 1.82. The first-order chi connectivity index (χ1) is 12.4. The molecule has 28 heavy (non-hydrogen) atoms. The van der Waals surface area contributed by atoms with Crippen molar-refractivity contribution < 1.29 is 14.0 Å². The molecule has 1 rings (SSSR count). The van der Waals surface area contributed by atoms with E-state index in [-0.39, 0.29) is 23.6 Å². The standard InChI is InChI=1S/C18H32Cl3N3O3Si/c1-16(2,3)13-11-14(23-22-13)24(15(25)26-12-18(19,20)21)9-10-27-28(7,8)17(4,5)6/h11H,9-10,12H2,1-8H3,(H,22,23). The van der Waals surface area contributed by atoms with Gasteiger partial charge in [0.1, 0.15) is 6.61 Å². The van der Waals surface area contributed by atoms with Gasteiger partial charge in [0.15, 0.2) is 14.1 Å². The summed E-state index contributed by atoms with van der Waals surface area (Å²) >= 11 is 17.1. The molecule has 10 heteroatoms. The van der Waals surface area contributed by atoms with Crippen molar-refractivity contribution in [1.82, 2.24) is 10.2 Å². The number of carbonyl (C=O) groups is 1. The van der Waals surface area contributed by atoms with Gasteiger partial charge in [0.05, 0.1) is 13.2 Å². The van der Waals surface area contributed by atoms with Crippen molar-refractivity contribution in [2.75, 3.05) is 24.7 Å². The normalized spacial score (nSPS) is 13.5. The molecule has 0 fully saturated rings. The molecule has 0 aromatic carbocycles. The molecule has 1 aromatic heterocycles. The minimum absolute atomic E-state index is 0.0690. The third kappa shape index (κ3) is 7.75. The lowest BCUT2D eigenvalue weighted by atomic mass is 9.92. The topological polar surface area (TPSA) is 67.4 Å². The number of hydrogen-bond donors (Lipinski definition) is 1.